The van der Waals surface area contributed by atoms with E-state index in [1.54, 1.807) is 51.4 Å². The smallest absolute Gasteiger partial charge is 0.0199 e. The first-order chi connectivity index (χ1) is 39.5. The predicted octanol–water partition coefficient (Wildman–Crippen LogP) is 28.6. The zero-order valence-electron chi connectivity index (χ0n) is 61.6. The highest BCUT2D eigenvalue weighted by molar-refractivity contribution is 5.09. The molecule has 0 aliphatic heterocycles. The Morgan fingerprint density at radius 2 is 0.607 bits per heavy atom. The quantitative estimate of drug-likeness (QED) is 0.0433. The molecule has 8 rings (SSSR count). The largest absolute Gasteiger partial charge is 0.0882 e. The number of hydrogen-bond donors (Lipinski definition) is 0. The summed E-state index contributed by atoms with van der Waals surface area (Å²) < 4.78 is 0. The van der Waals surface area contributed by atoms with E-state index in [2.05, 4.69) is 163 Å². The summed E-state index contributed by atoms with van der Waals surface area (Å²) in [5.41, 5.74) is 2.63. The van der Waals surface area contributed by atoms with E-state index in [4.69, 9.17) is 0 Å². The molecule has 84 heavy (non-hydrogen) atoms. The summed E-state index contributed by atoms with van der Waals surface area (Å²) in [4.78, 5) is 0. The Kier molecular flexibility index (Phi) is 34.1. The number of rotatable bonds is 36. The maximum absolute atomic E-state index is 2.50. The lowest BCUT2D eigenvalue weighted by atomic mass is 9.89. The zero-order chi connectivity index (χ0) is 62.1. The van der Waals surface area contributed by atoms with Crippen molar-refractivity contribution in [3.63, 3.8) is 0 Å². The molecule has 0 spiro atoms. The van der Waals surface area contributed by atoms with E-state index in [-0.39, 0.29) is 0 Å². The summed E-state index contributed by atoms with van der Waals surface area (Å²) in [7, 11) is 0. The number of allylic oxidation sites excluding steroid dienone is 4. The van der Waals surface area contributed by atoms with Crippen molar-refractivity contribution < 1.29 is 0 Å². The topological polar surface area (TPSA) is 0 Å². The molecule has 0 saturated heterocycles. The minimum Gasteiger partial charge on any atom is -0.0882 e. The summed E-state index contributed by atoms with van der Waals surface area (Å²) in [5, 5.41) is 0. The van der Waals surface area contributed by atoms with Crippen molar-refractivity contribution >= 4 is 0 Å². The van der Waals surface area contributed by atoms with E-state index in [1.165, 1.54) is 199 Å². The second kappa shape index (κ2) is 37.7. The Labute approximate surface area is 532 Å². The van der Waals surface area contributed by atoms with Gasteiger partial charge in [-0.25, -0.2) is 0 Å². The second-order valence-corrected chi connectivity index (χ2v) is 37.8. The van der Waals surface area contributed by atoms with E-state index in [1.807, 2.05) is 0 Å². The standard InChI is InChI=1S/C24H46.C15H28.C15H26.C15H30.C15H28/c1-5-6-11-14-20-17-22(20)19-23-18-21(23)15-12-9-7-8-10-13-16-24(2,3)4;2*1-11-9-13(11)14-10-12(14)7-5-6-8-15(2,3)4;2*1-5-6-9-13-12-14(13)10-7-8-11-15(2,3)4/h20-23H,5-19H2,1-4H3;11-14H,5-10H2,1-4H3;5,7,11-14H,6,8-10H2,1-4H3;13-14H,5-12H2,1-4H3;7,10,13-14H,5-6,8-9,11-12H2,1-4H3/b;;7-5+;;10-7+. The first-order valence-electron chi connectivity index (χ1n) is 38.8. The molecule has 8 aliphatic carbocycles. The first kappa shape index (κ1) is 75.9. The van der Waals surface area contributed by atoms with Crippen molar-refractivity contribution in [2.24, 2.45) is 122 Å². The maximum Gasteiger partial charge on any atom is -0.0199 e. The van der Waals surface area contributed by atoms with E-state index in [9.17, 15) is 0 Å². The van der Waals surface area contributed by atoms with Crippen LogP contribution in [-0.2, 0) is 0 Å². The predicted molar refractivity (Wildman–Crippen MR) is 380 cm³/mol. The molecule has 0 N–H and O–H groups in total. The summed E-state index contributed by atoms with van der Waals surface area (Å²) in [6, 6.07) is 0. The number of unbranched alkanes of at least 4 members (excludes halogenated alkanes) is 11. The van der Waals surface area contributed by atoms with Crippen LogP contribution in [0.1, 0.15) is 389 Å². The molecule has 494 valence electrons. The van der Waals surface area contributed by atoms with Gasteiger partial charge in [0.25, 0.3) is 0 Å². The van der Waals surface area contributed by atoms with Crippen molar-refractivity contribution in [3.05, 3.63) is 24.3 Å². The SMILES string of the molecule is CC1CC1C1CC1/C=C/CCC(C)(C)C.CC1CC1C1CC1CCCCC(C)(C)C.CCCCC1CC1/C=C/CCC(C)(C)C.CCCCC1CC1CCCCC(C)(C)C.CCCCCC1CC1CC1CC1CCCCCCCCC(C)(C)C. The van der Waals surface area contributed by atoms with Crippen LogP contribution in [0.2, 0.25) is 0 Å². The van der Waals surface area contributed by atoms with Crippen LogP contribution in [0.4, 0.5) is 0 Å². The maximum atomic E-state index is 2.50. The van der Waals surface area contributed by atoms with E-state index in [0.29, 0.717) is 27.1 Å². The summed E-state index contributed by atoms with van der Waals surface area (Å²) >= 11 is 0. The van der Waals surface area contributed by atoms with E-state index in [0.717, 1.165) is 94.7 Å². The average molecular weight is 1170 g/mol. The third kappa shape index (κ3) is 38.9. The number of hydrogen-bond acceptors (Lipinski definition) is 0. The molecular formula is C84H158. The molecule has 16 atom stereocenters. The van der Waals surface area contributed by atoms with Gasteiger partial charge in [0.05, 0.1) is 0 Å². The summed E-state index contributed by atoms with van der Waals surface area (Å²) in [6.45, 7) is 47.0. The Morgan fingerprint density at radius 3 is 1.05 bits per heavy atom. The van der Waals surface area contributed by atoms with Gasteiger partial charge in [-0.15, -0.1) is 0 Å². The van der Waals surface area contributed by atoms with Gasteiger partial charge in [0.1, 0.15) is 0 Å². The van der Waals surface area contributed by atoms with Gasteiger partial charge in [-0.3, -0.25) is 0 Å². The van der Waals surface area contributed by atoms with Crippen LogP contribution in [0.25, 0.3) is 0 Å². The molecule has 0 heteroatoms. The minimum absolute atomic E-state index is 0.496. The van der Waals surface area contributed by atoms with Crippen LogP contribution in [0.5, 0.6) is 0 Å². The van der Waals surface area contributed by atoms with E-state index < -0.39 is 0 Å². The fraction of sp³-hybridized carbons (Fsp3) is 0.952. The van der Waals surface area contributed by atoms with Crippen LogP contribution >= 0.6 is 0 Å². The lowest BCUT2D eigenvalue weighted by molar-refractivity contribution is 0.354. The normalized spacial score (nSPS) is 31.6. The van der Waals surface area contributed by atoms with Gasteiger partial charge in [0, 0.05) is 0 Å². The highest BCUT2D eigenvalue weighted by atomic mass is 14.6. The highest BCUT2D eigenvalue weighted by Crippen LogP contribution is 2.60. The van der Waals surface area contributed by atoms with Gasteiger partial charge < -0.3 is 0 Å². The first-order valence-corrected chi connectivity index (χ1v) is 38.8. The lowest BCUT2D eigenvalue weighted by Crippen LogP contribution is -2.04. The highest BCUT2D eigenvalue weighted by Gasteiger charge is 2.51. The Morgan fingerprint density at radius 1 is 0.274 bits per heavy atom. The molecule has 8 fully saturated rings. The molecule has 0 bridgehead atoms. The van der Waals surface area contributed by atoms with Gasteiger partial charge >= 0.3 is 0 Å². The Balaban J connectivity index is 0.000000229. The molecule has 0 amide bonds. The summed E-state index contributed by atoms with van der Waals surface area (Å²) in [5.74, 6) is 17.5. The molecule has 0 heterocycles. The molecule has 0 aromatic carbocycles. The van der Waals surface area contributed by atoms with Gasteiger partial charge in [-0.05, 0) is 231 Å². The Hall–Kier alpha value is -0.520. The zero-order valence-corrected chi connectivity index (χ0v) is 61.6. The van der Waals surface area contributed by atoms with Crippen molar-refractivity contribution in [1.29, 1.82) is 0 Å². The van der Waals surface area contributed by atoms with Crippen LogP contribution in [0.3, 0.4) is 0 Å². The van der Waals surface area contributed by atoms with Crippen molar-refractivity contribution in [1.82, 2.24) is 0 Å². The van der Waals surface area contributed by atoms with Crippen molar-refractivity contribution in [2.45, 2.75) is 389 Å². The van der Waals surface area contributed by atoms with Crippen LogP contribution in [-0.4, -0.2) is 0 Å². The fourth-order valence-electron chi connectivity index (χ4n) is 15.2. The second-order valence-electron chi connectivity index (χ2n) is 37.8. The Bertz CT molecular complexity index is 1720. The molecule has 0 aromatic heterocycles. The van der Waals surface area contributed by atoms with Gasteiger partial charge in [-0.2, -0.15) is 0 Å². The molecule has 0 aromatic rings. The van der Waals surface area contributed by atoms with Crippen LogP contribution in [0, 0.1) is 122 Å². The van der Waals surface area contributed by atoms with Crippen molar-refractivity contribution in [3.8, 4) is 0 Å². The lowest BCUT2D eigenvalue weighted by Gasteiger charge is -2.17. The average Bonchev–Trinajstić information content (AvgIpc) is 2.72. The van der Waals surface area contributed by atoms with Crippen LogP contribution in [0.15, 0.2) is 24.3 Å². The van der Waals surface area contributed by atoms with Crippen LogP contribution < -0.4 is 0 Å². The minimum atomic E-state index is 0.496. The molecule has 0 nitrogen and oxygen atoms in total. The van der Waals surface area contributed by atoms with Gasteiger partial charge in [-0.1, -0.05) is 304 Å². The fourth-order valence-corrected chi connectivity index (χ4v) is 15.2. The molecule has 8 aliphatic rings. The monoisotopic (exact) mass is 1170 g/mol. The van der Waals surface area contributed by atoms with E-state index >= 15 is 0 Å². The van der Waals surface area contributed by atoms with Crippen molar-refractivity contribution in [2.75, 3.05) is 0 Å². The third-order valence-electron chi connectivity index (χ3n) is 22.3. The third-order valence-corrected chi connectivity index (χ3v) is 22.3. The van der Waals surface area contributed by atoms with Gasteiger partial charge in [0.2, 0.25) is 0 Å². The molecule has 16 unspecified atom stereocenters. The molecular weight excluding hydrogens is 1010 g/mol. The molecule has 8 saturated carbocycles. The van der Waals surface area contributed by atoms with Gasteiger partial charge in [0.15, 0.2) is 0 Å². The summed E-state index contributed by atoms with van der Waals surface area (Å²) in [6.07, 6.45) is 67.0. The molecule has 0 radical (unpaired) electrons.